The molecule has 0 saturated carbocycles. The van der Waals surface area contributed by atoms with E-state index in [1.807, 2.05) is 19.2 Å². The zero-order valence-corrected chi connectivity index (χ0v) is 14.5. The molecule has 0 aliphatic heterocycles. The number of aromatic nitrogens is 1. The van der Waals surface area contributed by atoms with Crippen molar-refractivity contribution in [1.29, 1.82) is 0 Å². The third-order valence-corrected chi connectivity index (χ3v) is 4.05. The van der Waals surface area contributed by atoms with Crippen LogP contribution in [0.4, 0.5) is 10.8 Å². The Hall–Kier alpha value is -2.68. The molecule has 1 aromatic heterocycles. The molecule has 2 aromatic rings. The number of nitro benzene ring substituents is 1. The number of carbonyl (C=O) groups excluding carboxylic acids is 1. The Labute approximate surface area is 142 Å². The average Bonchev–Trinajstić information content (AvgIpc) is 3.02. The molecule has 9 heteroatoms. The molecule has 24 heavy (non-hydrogen) atoms. The highest BCUT2D eigenvalue weighted by Gasteiger charge is 2.25. The molecule has 0 radical (unpaired) electrons. The van der Waals surface area contributed by atoms with E-state index >= 15 is 0 Å². The summed E-state index contributed by atoms with van der Waals surface area (Å²) >= 11 is 1.26. The maximum atomic E-state index is 12.4. The number of anilines is 1. The summed E-state index contributed by atoms with van der Waals surface area (Å²) in [4.78, 5) is 27.3. The van der Waals surface area contributed by atoms with Gasteiger partial charge in [0.2, 0.25) is 0 Å². The summed E-state index contributed by atoms with van der Waals surface area (Å²) in [5, 5.41) is 16.1. The molecule has 8 nitrogen and oxygen atoms in total. The number of thiazole rings is 1. The highest BCUT2D eigenvalue weighted by molar-refractivity contribution is 7.14. The van der Waals surface area contributed by atoms with Gasteiger partial charge in [0.1, 0.15) is 5.56 Å². The molecule has 0 atom stereocenters. The standard InChI is InChI=1S/C15H17N3O5S/c1-8(2)10-7-24-15(16-10)17-14(19)9-5-12(22-3)13(23-4)6-11(9)18(20)21/h5-8H,1-4H3,(H,16,17,19). The lowest BCUT2D eigenvalue weighted by Gasteiger charge is -2.10. The van der Waals surface area contributed by atoms with E-state index in [0.717, 1.165) is 11.8 Å². The largest absolute Gasteiger partial charge is 0.493 e. The van der Waals surface area contributed by atoms with Crippen molar-refractivity contribution in [2.75, 3.05) is 19.5 Å². The molecule has 0 spiro atoms. The Bertz CT molecular complexity index is 772. The van der Waals surface area contributed by atoms with Gasteiger partial charge in [-0.1, -0.05) is 13.8 Å². The topological polar surface area (TPSA) is 104 Å². The van der Waals surface area contributed by atoms with Crippen molar-refractivity contribution in [1.82, 2.24) is 4.98 Å². The summed E-state index contributed by atoms with van der Waals surface area (Å²) < 4.78 is 10.1. The summed E-state index contributed by atoms with van der Waals surface area (Å²) in [5.41, 5.74) is 0.349. The van der Waals surface area contributed by atoms with E-state index in [1.54, 1.807) is 0 Å². The van der Waals surface area contributed by atoms with E-state index in [1.165, 1.54) is 31.6 Å². The Morgan fingerprint density at radius 2 is 1.92 bits per heavy atom. The molecule has 0 unspecified atom stereocenters. The number of amides is 1. The number of ether oxygens (including phenoxy) is 2. The fourth-order valence-corrected chi connectivity index (χ4v) is 2.84. The zero-order chi connectivity index (χ0) is 17.9. The first kappa shape index (κ1) is 17.7. The van der Waals surface area contributed by atoms with Crippen molar-refractivity contribution in [3.8, 4) is 11.5 Å². The van der Waals surface area contributed by atoms with Crippen molar-refractivity contribution in [2.24, 2.45) is 0 Å². The van der Waals surface area contributed by atoms with Gasteiger partial charge in [-0.2, -0.15) is 0 Å². The molecule has 128 valence electrons. The molecule has 0 fully saturated rings. The van der Waals surface area contributed by atoms with Crippen LogP contribution in [0, 0.1) is 10.1 Å². The van der Waals surface area contributed by atoms with Gasteiger partial charge in [0, 0.05) is 11.4 Å². The minimum atomic E-state index is -0.641. The van der Waals surface area contributed by atoms with Crippen molar-refractivity contribution < 1.29 is 19.2 Å². The van der Waals surface area contributed by atoms with Crippen LogP contribution in [0.2, 0.25) is 0 Å². The summed E-state index contributed by atoms with van der Waals surface area (Å²) in [5.74, 6) is 0.00183. The van der Waals surface area contributed by atoms with E-state index in [0.29, 0.717) is 5.13 Å². The van der Waals surface area contributed by atoms with Crippen LogP contribution in [0.15, 0.2) is 17.5 Å². The highest BCUT2D eigenvalue weighted by atomic mass is 32.1. The lowest BCUT2D eigenvalue weighted by molar-refractivity contribution is -0.385. The first-order valence-corrected chi connectivity index (χ1v) is 7.92. The Morgan fingerprint density at radius 1 is 1.29 bits per heavy atom. The number of hydrogen-bond acceptors (Lipinski definition) is 7. The van der Waals surface area contributed by atoms with E-state index in [4.69, 9.17) is 9.47 Å². The van der Waals surface area contributed by atoms with Crippen LogP contribution in [0.5, 0.6) is 11.5 Å². The fourth-order valence-electron chi connectivity index (χ4n) is 1.97. The van der Waals surface area contributed by atoms with Gasteiger partial charge >= 0.3 is 0 Å². The van der Waals surface area contributed by atoms with E-state index in [2.05, 4.69) is 10.3 Å². The van der Waals surface area contributed by atoms with Gasteiger partial charge in [0.05, 0.1) is 30.9 Å². The second-order valence-corrected chi connectivity index (χ2v) is 6.03. The monoisotopic (exact) mass is 351 g/mol. The molecule has 1 amide bonds. The first-order valence-electron chi connectivity index (χ1n) is 7.04. The molecule has 1 aromatic carbocycles. The number of nitrogens with one attached hydrogen (secondary N) is 1. The number of nitrogens with zero attached hydrogens (tertiary/aromatic N) is 2. The maximum Gasteiger partial charge on any atom is 0.286 e. The van der Waals surface area contributed by atoms with Crippen molar-refractivity contribution >= 4 is 28.1 Å². The van der Waals surface area contributed by atoms with E-state index < -0.39 is 10.8 Å². The van der Waals surface area contributed by atoms with Crippen LogP contribution in [0.25, 0.3) is 0 Å². The Morgan fingerprint density at radius 3 is 2.42 bits per heavy atom. The normalized spacial score (nSPS) is 10.5. The quantitative estimate of drug-likeness (QED) is 0.631. The summed E-state index contributed by atoms with van der Waals surface area (Å²) in [6.45, 7) is 3.97. The molecular formula is C15H17N3O5S. The van der Waals surface area contributed by atoms with Gasteiger partial charge in [-0.15, -0.1) is 11.3 Å². The molecule has 0 saturated heterocycles. The van der Waals surface area contributed by atoms with Crippen LogP contribution < -0.4 is 14.8 Å². The van der Waals surface area contributed by atoms with Crippen molar-refractivity contribution in [3.63, 3.8) is 0 Å². The number of methoxy groups -OCH3 is 2. The summed E-state index contributed by atoms with van der Waals surface area (Å²) in [7, 11) is 2.76. The van der Waals surface area contributed by atoms with Gasteiger partial charge in [0.25, 0.3) is 11.6 Å². The lowest BCUT2D eigenvalue weighted by atomic mass is 10.1. The zero-order valence-electron chi connectivity index (χ0n) is 13.7. The Balaban J connectivity index is 2.37. The van der Waals surface area contributed by atoms with Crippen LogP contribution in [0.3, 0.4) is 0 Å². The number of nitro groups is 1. The molecular weight excluding hydrogens is 334 g/mol. The molecule has 1 heterocycles. The fraction of sp³-hybridized carbons (Fsp3) is 0.333. The van der Waals surface area contributed by atoms with Gasteiger partial charge < -0.3 is 9.47 Å². The SMILES string of the molecule is COc1cc(C(=O)Nc2nc(C(C)C)cs2)c([N+](=O)[O-])cc1OC. The van der Waals surface area contributed by atoms with Gasteiger partial charge in [-0.25, -0.2) is 4.98 Å². The molecule has 0 aliphatic carbocycles. The second-order valence-electron chi connectivity index (χ2n) is 5.17. The first-order chi connectivity index (χ1) is 11.4. The van der Waals surface area contributed by atoms with Crippen LogP contribution in [0.1, 0.15) is 35.8 Å². The maximum absolute atomic E-state index is 12.4. The molecule has 0 bridgehead atoms. The number of carbonyl (C=O) groups is 1. The smallest absolute Gasteiger partial charge is 0.286 e. The van der Waals surface area contributed by atoms with E-state index in [-0.39, 0.29) is 28.7 Å². The molecule has 0 aliphatic rings. The van der Waals surface area contributed by atoms with E-state index in [9.17, 15) is 14.9 Å². The predicted octanol–water partition coefficient (Wildman–Crippen LogP) is 3.44. The van der Waals surface area contributed by atoms with Crippen LogP contribution in [-0.2, 0) is 0 Å². The van der Waals surface area contributed by atoms with Gasteiger partial charge in [-0.05, 0) is 5.92 Å². The Kier molecular flexibility index (Phi) is 5.35. The van der Waals surface area contributed by atoms with Gasteiger partial charge in [-0.3, -0.25) is 20.2 Å². The highest BCUT2D eigenvalue weighted by Crippen LogP contribution is 2.35. The average molecular weight is 351 g/mol. The number of benzene rings is 1. The lowest BCUT2D eigenvalue weighted by Crippen LogP contribution is -2.14. The van der Waals surface area contributed by atoms with Crippen LogP contribution >= 0.6 is 11.3 Å². The van der Waals surface area contributed by atoms with Crippen LogP contribution in [-0.4, -0.2) is 30.0 Å². The molecule has 1 N–H and O–H groups in total. The second kappa shape index (κ2) is 7.26. The summed E-state index contributed by atoms with van der Waals surface area (Å²) in [6, 6.07) is 2.44. The minimum Gasteiger partial charge on any atom is -0.493 e. The third kappa shape index (κ3) is 3.62. The van der Waals surface area contributed by atoms with Crippen molar-refractivity contribution in [2.45, 2.75) is 19.8 Å². The molecule has 2 rings (SSSR count). The number of rotatable bonds is 6. The number of hydrogen-bond donors (Lipinski definition) is 1. The minimum absolute atomic E-state index is 0.126. The third-order valence-electron chi connectivity index (χ3n) is 3.28. The van der Waals surface area contributed by atoms with Crippen molar-refractivity contribution in [3.05, 3.63) is 38.9 Å². The predicted molar refractivity (Wildman–Crippen MR) is 90.4 cm³/mol. The van der Waals surface area contributed by atoms with Gasteiger partial charge in [0.15, 0.2) is 16.6 Å². The summed E-state index contributed by atoms with van der Waals surface area (Å²) in [6.07, 6.45) is 0.